The van der Waals surface area contributed by atoms with Crippen molar-refractivity contribution in [2.24, 2.45) is 0 Å². The summed E-state index contributed by atoms with van der Waals surface area (Å²) in [4.78, 5) is 2.38. The molecule has 0 amide bonds. The first-order valence-corrected chi connectivity index (χ1v) is 22.2. The van der Waals surface area contributed by atoms with E-state index >= 15 is 0 Å². The Morgan fingerprint density at radius 1 is 0.308 bits per heavy atom. The number of benzene rings is 11. The molecule has 0 radical (unpaired) electrons. The summed E-state index contributed by atoms with van der Waals surface area (Å²) in [6.45, 7) is 0. The van der Waals surface area contributed by atoms with Crippen LogP contribution in [-0.2, 0) is 0 Å². The molecule has 0 unspecified atom stereocenters. The lowest BCUT2D eigenvalue weighted by Crippen LogP contribution is -2.10. The zero-order valence-corrected chi connectivity index (χ0v) is 35.4. The molecule has 65 heavy (non-hydrogen) atoms. The highest BCUT2D eigenvalue weighted by Crippen LogP contribution is 2.45. The third-order valence-electron chi connectivity index (χ3n) is 13.2. The molecule has 0 fully saturated rings. The van der Waals surface area contributed by atoms with Crippen LogP contribution in [0.2, 0.25) is 0 Å². The molecule has 0 aliphatic heterocycles. The van der Waals surface area contributed by atoms with Crippen LogP contribution in [0.1, 0.15) is 0 Å². The molecule has 13 rings (SSSR count). The van der Waals surface area contributed by atoms with E-state index in [0.29, 0.717) is 0 Å². The largest absolute Gasteiger partial charge is 0.455 e. The van der Waals surface area contributed by atoms with Gasteiger partial charge in [0.15, 0.2) is 0 Å². The van der Waals surface area contributed by atoms with Gasteiger partial charge < -0.3 is 13.9 Å². The van der Waals surface area contributed by atoms with Crippen molar-refractivity contribution in [1.82, 2.24) is 4.57 Å². The summed E-state index contributed by atoms with van der Waals surface area (Å²) >= 11 is 0. The smallest absolute Gasteiger partial charge is 0.143 e. The lowest BCUT2D eigenvalue weighted by Gasteiger charge is -2.27. The van der Waals surface area contributed by atoms with Crippen LogP contribution < -0.4 is 4.90 Å². The molecule has 3 heteroatoms. The topological polar surface area (TPSA) is 21.3 Å². The SMILES string of the molecule is c1ccc(-c2ccc(N(c3ccc(-c4cc5ccccc5c5ccccc45)cc3)c3cc(-c4ccc(-n5c6ccccc6c6ccccc65)cc4)c4oc5ccccc5c4c3)cc2)cc1. The second-order valence-corrected chi connectivity index (χ2v) is 16.9. The maximum Gasteiger partial charge on any atom is 0.143 e. The number of hydrogen-bond donors (Lipinski definition) is 0. The molecule has 0 saturated carbocycles. The Hall–Kier alpha value is -8.66. The lowest BCUT2D eigenvalue weighted by atomic mass is 9.93. The van der Waals surface area contributed by atoms with E-state index in [1.165, 1.54) is 65.6 Å². The zero-order valence-electron chi connectivity index (χ0n) is 35.4. The van der Waals surface area contributed by atoms with Crippen LogP contribution in [0.25, 0.3) is 104 Å². The van der Waals surface area contributed by atoms with Crippen LogP contribution >= 0.6 is 0 Å². The summed E-state index contributed by atoms with van der Waals surface area (Å²) < 4.78 is 9.14. The first-order valence-electron chi connectivity index (χ1n) is 22.2. The molecular formula is C62H40N2O. The van der Waals surface area contributed by atoms with Crippen LogP contribution in [0, 0.1) is 0 Å². The predicted octanol–water partition coefficient (Wildman–Crippen LogP) is 17.5. The number of para-hydroxylation sites is 3. The molecule has 2 heterocycles. The second kappa shape index (κ2) is 15.0. The third-order valence-corrected chi connectivity index (χ3v) is 13.2. The van der Waals surface area contributed by atoms with Crippen molar-refractivity contribution in [2.45, 2.75) is 0 Å². The van der Waals surface area contributed by atoms with Crippen LogP contribution in [0.15, 0.2) is 247 Å². The van der Waals surface area contributed by atoms with Crippen LogP contribution in [0.5, 0.6) is 0 Å². The minimum atomic E-state index is 0.869. The lowest BCUT2D eigenvalue weighted by molar-refractivity contribution is 0.670. The van der Waals surface area contributed by atoms with Gasteiger partial charge in [-0.15, -0.1) is 0 Å². The van der Waals surface area contributed by atoms with E-state index in [1.807, 2.05) is 6.07 Å². The van der Waals surface area contributed by atoms with Crippen molar-refractivity contribution in [3.8, 4) is 39.1 Å². The van der Waals surface area contributed by atoms with Gasteiger partial charge in [-0.05, 0) is 122 Å². The molecule has 13 aromatic rings. The third kappa shape index (κ3) is 6.12. The van der Waals surface area contributed by atoms with Gasteiger partial charge in [0.1, 0.15) is 11.2 Å². The molecule has 304 valence electrons. The molecule has 0 N–H and O–H groups in total. The summed E-state index contributed by atoms with van der Waals surface area (Å²) in [5, 5.41) is 9.68. The van der Waals surface area contributed by atoms with Gasteiger partial charge in [0.25, 0.3) is 0 Å². The Balaban J connectivity index is 0.985. The van der Waals surface area contributed by atoms with Crippen molar-refractivity contribution >= 4 is 82.4 Å². The summed E-state index contributed by atoms with van der Waals surface area (Å²) in [5.41, 5.74) is 15.3. The number of anilines is 3. The van der Waals surface area contributed by atoms with E-state index in [1.54, 1.807) is 0 Å². The van der Waals surface area contributed by atoms with Gasteiger partial charge in [-0.3, -0.25) is 0 Å². The number of fused-ring (bicyclic) bond motifs is 9. The quantitative estimate of drug-likeness (QED) is 0.149. The average molecular weight is 829 g/mol. The summed E-state index contributed by atoms with van der Waals surface area (Å²) in [6, 6.07) is 87.7. The molecule has 0 saturated heterocycles. The van der Waals surface area contributed by atoms with Gasteiger partial charge in [-0.2, -0.15) is 0 Å². The van der Waals surface area contributed by atoms with E-state index in [4.69, 9.17) is 4.42 Å². The highest BCUT2D eigenvalue weighted by Gasteiger charge is 2.21. The summed E-state index contributed by atoms with van der Waals surface area (Å²) in [5.74, 6) is 0. The molecule has 0 aliphatic rings. The number of nitrogens with zero attached hydrogens (tertiary/aromatic N) is 2. The van der Waals surface area contributed by atoms with E-state index in [9.17, 15) is 0 Å². The van der Waals surface area contributed by atoms with Gasteiger partial charge in [0, 0.05) is 49.9 Å². The molecule has 0 atom stereocenters. The first-order chi connectivity index (χ1) is 32.2. The van der Waals surface area contributed by atoms with Crippen molar-refractivity contribution in [3.63, 3.8) is 0 Å². The predicted molar refractivity (Wildman–Crippen MR) is 274 cm³/mol. The van der Waals surface area contributed by atoms with Crippen LogP contribution in [-0.4, -0.2) is 4.57 Å². The van der Waals surface area contributed by atoms with Gasteiger partial charge in [-0.25, -0.2) is 0 Å². The fourth-order valence-corrected chi connectivity index (χ4v) is 10.1. The first kappa shape index (κ1) is 36.9. The van der Waals surface area contributed by atoms with Crippen molar-refractivity contribution in [1.29, 1.82) is 0 Å². The maximum absolute atomic E-state index is 6.77. The Labute approximate surface area is 376 Å². The summed E-state index contributed by atoms with van der Waals surface area (Å²) in [6.07, 6.45) is 0. The molecule has 11 aromatic carbocycles. The second-order valence-electron chi connectivity index (χ2n) is 16.9. The average Bonchev–Trinajstić information content (AvgIpc) is 3.93. The van der Waals surface area contributed by atoms with Crippen LogP contribution in [0.3, 0.4) is 0 Å². The van der Waals surface area contributed by atoms with Gasteiger partial charge in [0.2, 0.25) is 0 Å². The fraction of sp³-hybridized carbons (Fsp3) is 0. The van der Waals surface area contributed by atoms with Crippen molar-refractivity contribution < 1.29 is 4.42 Å². The minimum absolute atomic E-state index is 0.869. The highest BCUT2D eigenvalue weighted by atomic mass is 16.3. The molecule has 0 aliphatic carbocycles. The molecule has 0 spiro atoms. The molecule has 2 aromatic heterocycles. The molecular weight excluding hydrogens is 789 g/mol. The van der Waals surface area contributed by atoms with E-state index in [0.717, 1.165) is 55.8 Å². The standard InChI is InChI=1S/C62H40N2O/c1-2-14-41(15-3-1)42-26-32-46(33-27-42)63(47-34-28-43(29-35-47)56-38-45-16-4-5-17-50(45)51-18-6-7-19-52(51)56)49-39-57(62-58(40-49)55-22-10-13-25-61(55)65-62)44-30-36-48(37-31-44)64-59-23-11-8-20-53(59)54-21-9-12-24-60(54)64/h1-40H. The highest BCUT2D eigenvalue weighted by molar-refractivity contribution is 6.15. The monoisotopic (exact) mass is 828 g/mol. The normalized spacial score (nSPS) is 11.7. The number of aromatic nitrogens is 1. The molecule has 3 nitrogen and oxygen atoms in total. The Morgan fingerprint density at radius 3 is 1.51 bits per heavy atom. The van der Waals surface area contributed by atoms with Crippen molar-refractivity contribution in [2.75, 3.05) is 4.90 Å². The van der Waals surface area contributed by atoms with E-state index in [2.05, 4.69) is 246 Å². The number of rotatable bonds is 7. The Bertz CT molecular complexity index is 3860. The maximum atomic E-state index is 6.77. The Morgan fingerprint density at radius 2 is 0.815 bits per heavy atom. The summed E-state index contributed by atoms with van der Waals surface area (Å²) in [7, 11) is 0. The van der Waals surface area contributed by atoms with Gasteiger partial charge in [-0.1, -0.05) is 170 Å². The van der Waals surface area contributed by atoms with E-state index < -0.39 is 0 Å². The van der Waals surface area contributed by atoms with Crippen molar-refractivity contribution in [3.05, 3.63) is 243 Å². The minimum Gasteiger partial charge on any atom is -0.455 e. The number of hydrogen-bond acceptors (Lipinski definition) is 2. The zero-order chi connectivity index (χ0) is 42.8. The number of furan rings is 1. The molecule has 0 bridgehead atoms. The van der Waals surface area contributed by atoms with Crippen LogP contribution in [0.4, 0.5) is 17.1 Å². The van der Waals surface area contributed by atoms with Gasteiger partial charge >= 0.3 is 0 Å². The van der Waals surface area contributed by atoms with E-state index in [-0.39, 0.29) is 0 Å². The Kier molecular flexibility index (Phi) is 8.53. The fourth-order valence-electron chi connectivity index (χ4n) is 10.1. The van der Waals surface area contributed by atoms with Gasteiger partial charge in [0.05, 0.1) is 11.0 Å².